The quantitative estimate of drug-likeness (QED) is 0.116. The first-order valence-corrected chi connectivity index (χ1v) is 21.8. The summed E-state index contributed by atoms with van der Waals surface area (Å²) in [7, 11) is 2.19. The van der Waals surface area contributed by atoms with E-state index in [1.54, 1.807) is 4.40 Å². The monoisotopic (exact) mass is 578 g/mol. The van der Waals surface area contributed by atoms with Gasteiger partial charge in [0.2, 0.25) is 0 Å². The number of ether oxygens (including phenoxy) is 1. The summed E-state index contributed by atoms with van der Waals surface area (Å²) >= 11 is -2.12. The number of aromatic nitrogens is 1. The zero-order valence-corrected chi connectivity index (χ0v) is 27.4. The van der Waals surface area contributed by atoms with Crippen LogP contribution in [0.1, 0.15) is 57.2 Å². The molecule has 0 aliphatic carbocycles. The Morgan fingerprint density at radius 3 is 2.28 bits per heavy atom. The third-order valence-corrected chi connectivity index (χ3v) is 12.8. The molecule has 5 aromatic rings. The van der Waals surface area contributed by atoms with Crippen LogP contribution < -0.4 is 13.7 Å². The standard InChI is InChI=1S/C36H42GeNO/c1-21(2)23-14-15-25-27(18-23)22(3)32-34-33-26(16-17-38(34)10)24-12-11-13-30(37(7,8)9)28(24)19-31(33)39-35(32)29(25)20-36(4,5)6/h11-19,21H,20H2,1-10H3/q+1. The molecular formula is C36H42GeNO+. The Hall–Kier alpha value is -2.85. The minimum absolute atomic E-state index is 0.126. The molecule has 1 aliphatic heterocycles. The van der Waals surface area contributed by atoms with Gasteiger partial charge in [0.25, 0.3) is 0 Å². The van der Waals surface area contributed by atoms with E-state index in [4.69, 9.17) is 4.74 Å². The molecule has 1 aromatic heterocycles. The predicted octanol–water partition coefficient (Wildman–Crippen LogP) is 9.31. The second kappa shape index (κ2) is 8.83. The Kier molecular flexibility index (Phi) is 5.97. The van der Waals surface area contributed by atoms with E-state index < -0.39 is 13.3 Å². The molecule has 0 amide bonds. The van der Waals surface area contributed by atoms with Crippen LogP contribution in [0.5, 0.6) is 11.5 Å². The van der Waals surface area contributed by atoms with Gasteiger partial charge in [-0.2, -0.15) is 0 Å². The molecule has 6 rings (SSSR count). The molecule has 2 heterocycles. The predicted molar refractivity (Wildman–Crippen MR) is 171 cm³/mol. The molecule has 0 radical (unpaired) electrons. The Bertz CT molecular complexity index is 1820. The fraction of sp³-hybridized carbons (Fsp3) is 0.361. The second-order valence-electron chi connectivity index (χ2n) is 14.2. The molecule has 4 aromatic carbocycles. The number of rotatable bonds is 3. The maximum absolute atomic E-state index is 7.13. The van der Waals surface area contributed by atoms with Crippen molar-refractivity contribution in [2.75, 3.05) is 0 Å². The van der Waals surface area contributed by atoms with Gasteiger partial charge in [0.05, 0.1) is 0 Å². The zero-order chi connectivity index (χ0) is 28.0. The Morgan fingerprint density at radius 1 is 0.872 bits per heavy atom. The summed E-state index contributed by atoms with van der Waals surface area (Å²) in [5, 5.41) is 7.93. The summed E-state index contributed by atoms with van der Waals surface area (Å²) in [4.78, 5) is 0. The molecule has 0 atom stereocenters. The van der Waals surface area contributed by atoms with Crippen LogP contribution >= 0.6 is 0 Å². The summed E-state index contributed by atoms with van der Waals surface area (Å²) in [6.07, 6.45) is 3.21. The van der Waals surface area contributed by atoms with Crippen LogP contribution in [0.4, 0.5) is 0 Å². The van der Waals surface area contributed by atoms with Gasteiger partial charge in [0.15, 0.2) is 0 Å². The number of aryl methyl sites for hydroxylation is 2. The van der Waals surface area contributed by atoms with E-state index in [-0.39, 0.29) is 5.41 Å². The van der Waals surface area contributed by atoms with Crippen molar-refractivity contribution >= 4 is 50.0 Å². The molecule has 0 bridgehead atoms. The van der Waals surface area contributed by atoms with Gasteiger partial charge in [-0.1, -0.05) is 13.8 Å². The average Bonchev–Trinajstić information content (AvgIpc) is 2.85. The fourth-order valence-electron chi connectivity index (χ4n) is 6.60. The van der Waals surface area contributed by atoms with Crippen LogP contribution in [0.2, 0.25) is 17.3 Å². The third kappa shape index (κ3) is 4.18. The van der Waals surface area contributed by atoms with Crippen molar-refractivity contribution in [1.82, 2.24) is 0 Å². The molecule has 0 spiro atoms. The van der Waals surface area contributed by atoms with E-state index in [9.17, 15) is 0 Å². The van der Waals surface area contributed by atoms with E-state index in [1.807, 2.05) is 0 Å². The first kappa shape index (κ1) is 26.4. The second-order valence-corrected chi connectivity index (χ2v) is 24.8. The first-order valence-electron chi connectivity index (χ1n) is 14.4. The number of hydrogen-bond acceptors (Lipinski definition) is 1. The molecular weight excluding hydrogens is 535 g/mol. The summed E-state index contributed by atoms with van der Waals surface area (Å²) in [6.45, 7) is 13.9. The van der Waals surface area contributed by atoms with Gasteiger partial charge in [-0.3, -0.25) is 0 Å². The van der Waals surface area contributed by atoms with Crippen molar-refractivity contribution in [2.45, 2.75) is 71.1 Å². The Morgan fingerprint density at radius 2 is 1.62 bits per heavy atom. The van der Waals surface area contributed by atoms with Gasteiger partial charge in [0.1, 0.15) is 0 Å². The van der Waals surface area contributed by atoms with E-state index in [1.165, 1.54) is 60.3 Å². The third-order valence-electron chi connectivity index (χ3n) is 8.52. The summed E-state index contributed by atoms with van der Waals surface area (Å²) < 4.78 is 11.0. The Balaban J connectivity index is 1.80. The summed E-state index contributed by atoms with van der Waals surface area (Å²) in [6, 6.07) is 18.7. The van der Waals surface area contributed by atoms with Gasteiger partial charge >= 0.3 is 223 Å². The summed E-state index contributed by atoms with van der Waals surface area (Å²) in [5.41, 5.74) is 6.69. The van der Waals surface area contributed by atoms with Gasteiger partial charge in [-0.25, -0.2) is 0 Å². The molecule has 1 aliphatic rings. The molecule has 0 saturated carbocycles. The van der Waals surface area contributed by atoms with Gasteiger partial charge < -0.3 is 0 Å². The van der Waals surface area contributed by atoms with Crippen molar-refractivity contribution in [3.63, 3.8) is 0 Å². The molecule has 200 valence electrons. The number of pyridine rings is 1. The SMILES string of the molecule is Cc1c2c(c(CC(C)(C)C)c3ccc(C(C)C)cc13)Oc1cc3[c]([Ge]([CH3])([CH3])[CH3])cccc3c3cc[n+](C)c-2c13. The van der Waals surface area contributed by atoms with Crippen molar-refractivity contribution in [3.8, 4) is 22.8 Å². The molecule has 3 heteroatoms. The normalized spacial score (nSPS) is 13.4. The zero-order valence-electron chi connectivity index (χ0n) is 25.3. The van der Waals surface area contributed by atoms with Crippen LogP contribution in [-0.2, 0) is 13.5 Å². The van der Waals surface area contributed by atoms with Crippen molar-refractivity contribution < 1.29 is 9.30 Å². The van der Waals surface area contributed by atoms with Gasteiger partial charge in [0, 0.05) is 0 Å². The van der Waals surface area contributed by atoms with E-state index in [2.05, 4.69) is 125 Å². The van der Waals surface area contributed by atoms with Crippen molar-refractivity contribution in [1.29, 1.82) is 0 Å². The molecule has 0 fully saturated rings. The molecule has 39 heavy (non-hydrogen) atoms. The van der Waals surface area contributed by atoms with E-state index in [0.29, 0.717) is 5.92 Å². The average molecular weight is 577 g/mol. The van der Waals surface area contributed by atoms with Crippen LogP contribution in [-0.4, -0.2) is 13.3 Å². The number of nitrogens with zero attached hydrogens (tertiary/aromatic N) is 1. The van der Waals surface area contributed by atoms with Crippen LogP contribution in [0.15, 0.2) is 54.7 Å². The number of benzene rings is 4. The number of fused-ring (bicyclic) bond motifs is 5. The summed E-state index contributed by atoms with van der Waals surface area (Å²) in [5.74, 6) is 10.00. The number of hydrogen-bond donors (Lipinski definition) is 0. The molecule has 0 unspecified atom stereocenters. The van der Waals surface area contributed by atoms with E-state index in [0.717, 1.165) is 17.9 Å². The first-order chi connectivity index (χ1) is 18.3. The maximum atomic E-state index is 7.13. The molecule has 0 saturated heterocycles. The minimum atomic E-state index is -2.12. The van der Waals surface area contributed by atoms with Crippen molar-refractivity contribution in [2.24, 2.45) is 12.5 Å². The van der Waals surface area contributed by atoms with Crippen LogP contribution in [0.25, 0.3) is 43.6 Å². The molecule has 2 nitrogen and oxygen atoms in total. The van der Waals surface area contributed by atoms with Crippen molar-refractivity contribution in [3.05, 3.63) is 71.4 Å². The van der Waals surface area contributed by atoms with E-state index >= 15 is 0 Å². The van der Waals surface area contributed by atoms with Gasteiger partial charge in [-0.15, -0.1) is 0 Å². The molecule has 0 N–H and O–H groups in total. The van der Waals surface area contributed by atoms with Crippen LogP contribution in [0.3, 0.4) is 0 Å². The van der Waals surface area contributed by atoms with Gasteiger partial charge in [-0.05, 0) is 0 Å². The topological polar surface area (TPSA) is 13.1 Å². The fourth-order valence-corrected chi connectivity index (χ4v) is 9.98. The Labute approximate surface area is 236 Å². The van der Waals surface area contributed by atoms with Crippen LogP contribution in [0, 0.1) is 12.3 Å².